The lowest BCUT2D eigenvalue weighted by atomic mass is 9.98. The minimum absolute atomic E-state index is 0.0779. The molecule has 0 aliphatic carbocycles. The highest BCUT2D eigenvalue weighted by atomic mass is 16.5. The van der Waals surface area contributed by atoms with Gasteiger partial charge < -0.3 is 20.3 Å². The van der Waals surface area contributed by atoms with Gasteiger partial charge in [-0.15, -0.1) is 0 Å². The Kier molecular flexibility index (Phi) is 6.92. The van der Waals surface area contributed by atoms with E-state index in [1.165, 1.54) is 0 Å². The zero-order valence-electron chi connectivity index (χ0n) is 21.0. The van der Waals surface area contributed by atoms with Gasteiger partial charge in [0.25, 0.3) is 11.8 Å². The van der Waals surface area contributed by atoms with Crippen LogP contribution in [0.25, 0.3) is 0 Å². The summed E-state index contributed by atoms with van der Waals surface area (Å²) >= 11 is 0. The Bertz CT molecular complexity index is 1330. The van der Waals surface area contributed by atoms with Crippen LogP contribution in [-0.4, -0.2) is 55.9 Å². The lowest BCUT2D eigenvalue weighted by Crippen LogP contribution is -2.46. The number of amides is 3. The normalized spacial score (nSPS) is 17.5. The zero-order chi connectivity index (χ0) is 25.9. The number of aryl methyl sites for hydroxylation is 1. The number of nitrogens with one attached hydrogen (secondary N) is 2. The van der Waals surface area contributed by atoms with Crippen molar-refractivity contribution >= 4 is 29.1 Å². The summed E-state index contributed by atoms with van der Waals surface area (Å²) in [5.74, 6) is -0.00885. The van der Waals surface area contributed by atoms with E-state index in [9.17, 15) is 14.4 Å². The maximum Gasteiger partial charge on any atom is 0.259 e. The number of methoxy groups -OCH3 is 1. The van der Waals surface area contributed by atoms with Crippen molar-refractivity contribution in [3.05, 3.63) is 89.0 Å². The molecule has 8 heteroatoms. The first-order valence-electron chi connectivity index (χ1n) is 12.4. The number of benzene rings is 3. The third-order valence-electron chi connectivity index (χ3n) is 6.87. The smallest absolute Gasteiger partial charge is 0.259 e. The Morgan fingerprint density at radius 1 is 0.919 bits per heavy atom. The molecule has 0 aromatic heterocycles. The van der Waals surface area contributed by atoms with Crippen molar-refractivity contribution < 1.29 is 19.1 Å². The molecule has 0 bridgehead atoms. The highest BCUT2D eigenvalue weighted by molar-refractivity contribution is 6.12. The first-order valence-corrected chi connectivity index (χ1v) is 12.4. The van der Waals surface area contributed by atoms with Crippen LogP contribution in [0.5, 0.6) is 5.75 Å². The molecule has 2 heterocycles. The number of nitrogens with zero attached hydrogens (tertiary/aromatic N) is 2. The van der Waals surface area contributed by atoms with Crippen LogP contribution in [0.4, 0.5) is 11.4 Å². The second-order valence-corrected chi connectivity index (χ2v) is 9.36. The van der Waals surface area contributed by atoms with E-state index in [-0.39, 0.29) is 24.1 Å². The Morgan fingerprint density at radius 3 is 2.38 bits per heavy atom. The zero-order valence-corrected chi connectivity index (χ0v) is 21.0. The van der Waals surface area contributed by atoms with E-state index in [1.54, 1.807) is 59.4 Å². The van der Waals surface area contributed by atoms with Crippen LogP contribution in [-0.2, 0) is 4.79 Å². The third kappa shape index (κ3) is 5.06. The standard InChI is InChI=1S/C29H30N4O4/c1-19-6-8-20(9-7-19)26-18-27(34)31-24-17-22(28(35)32-14-12-30-13-15-32)10-11-25(24)33(26)29(36)21-4-3-5-23(16-21)37-2/h3-11,16-17,26,30H,12-15,18H2,1-2H3,(H,31,34). The highest BCUT2D eigenvalue weighted by Crippen LogP contribution is 2.40. The van der Waals surface area contributed by atoms with Crippen LogP contribution in [0.1, 0.15) is 44.3 Å². The largest absolute Gasteiger partial charge is 0.497 e. The lowest BCUT2D eigenvalue weighted by Gasteiger charge is -2.31. The van der Waals surface area contributed by atoms with E-state index in [2.05, 4.69) is 10.6 Å². The molecule has 37 heavy (non-hydrogen) atoms. The number of rotatable bonds is 4. The van der Waals surface area contributed by atoms with Crippen LogP contribution >= 0.6 is 0 Å². The number of fused-ring (bicyclic) bond motifs is 1. The third-order valence-corrected chi connectivity index (χ3v) is 6.87. The molecule has 1 fully saturated rings. The molecule has 2 N–H and O–H groups in total. The minimum Gasteiger partial charge on any atom is -0.497 e. The highest BCUT2D eigenvalue weighted by Gasteiger charge is 2.35. The summed E-state index contributed by atoms with van der Waals surface area (Å²) in [7, 11) is 1.56. The van der Waals surface area contributed by atoms with Gasteiger partial charge in [-0.05, 0) is 48.9 Å². The summed E-state index contributed by atoms with van der Waals surface area (Å²) in [5, 5.41) is 6.20. The first kappa shape index (κ1) is 24.5. The Morgan fingerprint density at radius 2 is 1.65 bits per heavy atom. The van der Waals surface area contributed by atoms with Crippen molar-refractivity contribution in [3.63, 3.8) is 0 Å². The predicted molar refractivity (Wildman–Crippen MR) is 142 cm³/mol. The van der Waals surface area contributed by atoms with Gasteiger partial charge in [0.15, 0.2) is 0 Å². The lowest BCUT2D eigenvalue weighted by molar-refractivity contribution is -0.116. The second-order valence-electron chi connectivity index (χ2n) is 9.36. The molecule has 2 aliphatic heterocycles. The molecular formula is C29H30N4O4. The molecule has 3 amide bonds. The SMILES string of the molecule is COc1cccc(C(=O)N2c3ccc(C(=O)N4CCNCC4)cc3NC(=O)CC2c2ccc(C)cc2)c1. The van der Waals surface area contributed by atoms with E-state index in [0.29, 0.717) is 41.3 Å². The fourth-order valence-corrected chi connectivity index (χ4v) is 4.87. The van der Waals surface area contributed by atoms with E-state index >= 15 is 0 Å². The summed E-state index contributed by atoms with van der Waals surface area (Å²) < 4.78 is 5.34. The number of carbonyl (C=O) groups excluding carboxylic acids is 3. The van der Waals surface area contributed by atoms with E-state index < -0.39 is 6.04 Å². The molecule has 1 atom stereocenters. The molecule has 5 rings (SSSR count). The number of hydrogen-bond acceptors (Lipinski definition) is 5. The molecule has 0 radical (unpaired) electrons. The van der Waals surface area contributed by atoms with Crippen LogP contribution in [0.2, 0.25) is 0 Å². The number of piperazine rings is 1. The molecule has 2 aliphatic rings. The molecule has 3 aromatic rings. The van der Waals surface area contributed by atoms with Crippen molar-refractivity contribution in [2.45, 2.75) is 19.4 Å². The average Bonchev–Trinajstić information content (AvgIpc) is 3.08. The maximum atomic E-state index is 14.1. The van der Waals surface area contributed by atoms with Gasteiger partial charge in [-0.25, -0.2) is 0 Å². The molecule has 1 unspecified atom stereocenters. The minimum atomic E-state index is -0.532. The number of carbonyl (C=O) groups is 3. The van der Waals surface area contributed by atoms with Gasteiger partial charge in [0.1, 0.15) is 5.75 Å². The molecule has 190 valence electrons. The topological polar surface area (TPSA) is 91.0 Å². The molecule has 8 nitrogen and oxygen atoms in total. The maximum absolute atomic E-state index is 14.1. The summed E-state index contributed by atoms with van der Waals surface area (Å²) in [5.41, 5.74) is 3.84. The molecule has 1 saturated heterocycles. The van der Waals surface area contributed by atoms with Crippen LogP contribution in [0.3, 0.4) is 0 Å². The summed E-state index contributed by atoms with van der Waals surface area (Å²) in [6, 6.07) is 19.5. The summed E-state index contributed by atoms with van der Waals surface area (Å²) in [4.78, 5) is 43.8. The predicted octanol–water partition coefficient (Wildman–Crippen LogP) is 3.78. The van der Waals surface area contributed by atoms with Gasteiger partial charge in [0.2, 0.25) is 5.91 Å². The monoisotopic (exact) mass is 498 g/mol. The van der Waals surface area contributed by atoms with Gasteiger partial charge in [0.05, 0.1) is 30.9 Å². The van der Waals surface area contributed by atoms with Crippen LogP contribution < -0.4 is 20.3 Å². The second kappa shape index (κ2) is 10.4. The number of ether oxygens (including phenoxy) is 1. The van der Waals surface area contributed by atoms with E-state index in [1.807, 2.05) is 31.2 Å². The van der Waals surface area contributed by atoms with Crippen LogP contribution in [0.15, 0.2) is 66.7 Å². The van der Waals surface area contributed by atoms with Crippen LogP contribution in [0, 0.1) is 6.92 Å². The average molecular weight is 499 g/mol. The van der Waals surface area contributed by atoms with Crippen molar-refractivity contribution in [1.82, 2.24) is 10.2 Å². The van der Waals surface area contributed by atoms with Gasteiger partial charge in [-0.2, -0.15) is 0 Å². The Balaban J connectivity index is 1.60. The molecule has 3 aromatic carbocycles. The first-order chi connectivity index (χ1) is 17.9. The van der Waals surface area contributed by atoms with Gasteiger partial charge in [0, 0.05) is 37.3 Å². The fraction of sp³-hybridized carbons (Fsp3) is 0.276. The van der Waals surface area contributed by atoms with Crippen molar-refractivity contribution in [1.29, 1.82) is 0 Å². The van der Waals surface area contributed by atoms with Crippen molar-refractivity contribution in [3.8, 4) is 5.75 Å². The summed E-state index contributed by atoms with van der Waals surface area (Å²) in [6.07, 6.45) is 0.0779. The Labute approximate surface area is 216 Å². The van der Waals surface area contributed by atoms with E-state index in [4.69, 9.17) is 4.74 Å². The number of anilines is 2. The van der Waals surface area contributed by atoms with Gasteiger partial charge in [-0.3, -0.25) is 19.3 Å². The molecule has 0 spiro atoms. The fourth-order valence-electron chi connectivity index (χ4n) is 4.87. The van der Waals surface area contributed by atoms with Gasteiger partial charge >= 0.3 is 0 Å². The van der Waals surface area contributed by atoms with Crippen molar-refractivity contribution in [2.24, 2.45) is 0 Å². The van der Waals surface area contributed by atoms with E-state index in [0.717, 1.165) is 24.2 Å². The molecule has 0 saturated carbocycles. The Hall–Kier alpha value is -4.17. The van der Waals surface area contributed by atoms with Crippen molar-refractivity contribution in [2.75, 3.05) is 43.5 Å². The molecular weight excluding hydrogens is 468 g/mol. The number of hydrogen-bond donors (Lipinski definition) is 2. The quantitative estimate of drug-likeness (QED) is 0.571. The summed E-state index contributed by atoms with van der Waals surface area (Å²) in [6.45, 7) is 4.73. The van der Waals surface area contributed by atoms with Gasteiger partial charge in [-0.1, -0.05) is 35.9 Å².